The van der Waals surface area contributed by atoms with Crippen LogP contribution in [0.1, 0.15) is 20.8 Å². The Bertz CT molecular complexity index is 1360. The van der Waals surface area contributed by atoms with Gasteiger partial charge in [-0.2, -0.15) is 0 Å². The number of fused-ring (bicyclic) bond motifs is 5. The van der Waals surface area contributed by atoms with Crippen LogP contribution in [0.4, 0.5) is 10.5 Å². The molecule has 4 amide bonds. The van der Waals surface area contributed by atoms with E-state index in [0.717, 1.165) is 0 Å². The lowest BCUT2D eigenvalue weighted by Crippen LogP contribution is -2.75. The number of anilines is 1. The van der Waals surface area contributed by atoms with Crippen molar-refractivity contribution in [1.29, 1.82) is 0 Å². The Morgan fingerprint density at radius 2 is 1.97 bits per heavy atom. The standard InChI is InChI=1S/C22H19ClN6O5.H2/c1-9-8-29-16-11(5-12-15(13-7-24-3-4-25-13)28-34-17(12)14(16)23)6-22(18(29)10(2)33-9)19(30)26-21(32)27-20(22)31;/h3-5,7,9-10,18H,6,8H2,1-2H3,(H2,26,27,30,31,32);1H/t9-,10+,18-;/m1./s1. The first kappa shape index (κ1) is 21.0. The van der Waals surface area contributed by atoms with Crippen molar-refractivity contribution in [2.24, 2.45) is 5.41 Å². The van der Waals surface area contributed by atoms with Crippen LogP contribution in [0.15, 0.2) is 29.2 Å². The molecule has 3 atom stereocenters. The van der Waals surface area contributed by atoms with Crippen LogP contribution in [-0.2, 0) is 20.7 Å². The maximum absolute atomic E-state index is 13.3. The number of morpholine rings is 1. The fourth-order valence-corrected chi connectivity index (χ4v) is 5.92. The highest BCUT2D eigenvalue weighted by molar-refractivity contribution is 6.38. The van der Waals surface area contributed by atoms with Crippen LogP contribution in [0.2, 0.25) is 5.02 Å². The van der Waals surface area contributed by atoms with Gasteiger partial charge in [0.1, 0.15) is 16.4 Å². The highest BCUT2D eigenvalue weighted by Crippen LogP contribution is 2.51. The number of amides is 4. The van der Waals surface area contributed by atoms with Gasteiger partial charge in [0, 0.05) is 20.4 Å². The number of hydrogen-bond donors (Lipinski definition) is 2. The summed E-state index contributed by atoms with van der Waals surface area (Å²) in [4.78, 5) is 48.8. The molecule has 34 heavy (non-hydrogen) atoms. The van der Waals surface area contributed by atoms with Crippen molar-refractivity contribution in [3.05, 3.63) is 35.2 Å². The number of barbiturate groups is 1. The maximum atomic E-state index is 13.3. The van der Waals surface area contributed by atoms with Crippen LogP contribution < -0.4 is 15.5 Å². The Morgan fingerprint density at radius 3 is 2.68 bits per heavy atom. The minimum absolute atomic E-state index is 0. The molecule has 6 rings (SSSR count). The molecule has 1 spiro atoms. The maximum Gasteiger partial charge on any atom is 0.328 e. The van der Waals surface area contributed by atoms with Crippen molar-refractivity contribution in [3.63, 3.8) is 0 Å². The highest BCUT2D eigenvalue weighted by Gasteiger charge is 2.63. The number of hydrogen-bond acceptors (Lipinski definition) is 9. The predicted molar refractivity (Wildman–Crippen MR) is 121 cm³/mol. The van der Waals surface area contributed by atoms with E-state index in [1.807, 2.05) is 24.8 Å². The molecular weight excluding hydrogens is 464 g/mol. The number of nitrogens with one attached hydrogen (secondary N) is 2. The summed E-state index contributed by atoms with van der Waals surface area (Å²) in [6, 6.07) is 0.284. The second kappa shape index (κ2) is 7.21. The molecule has 3 aromatic rings. The fourth-order valence-electron chi connectivity index (χ4n) is 5.55. The molecule has 0 unspecified atom stereocenters. The molecule has 0 radical (unpaired) electrons. The minimum atomic E-state index is -1.60. The number of carbonyl (C=O) groups is 3. The molecule has 11 nitrogen and oxygen atoms in total. The number of halogens is 1. The number of nitrogens with zero attached hydrogens (tertiary/aromatic N) is 4. The smallest absolute Gasteiger partial charge is 0.328 e. The zero-order valence-electron chi connectivity index (χ0n) is 18.2. The second-order valence-electron chi connectivity index (χ2n) is 8.83. The summed E-state index contributed by atoms with van der Waals surface area (Å²) in [5, 5.41) is 9.62. The largest absolute Gasteiger partial charge is 0.372 e. The third kappa shape index (κ3) is 2.74. The van der Waals surface area contributed by atoms with Crippen LogP contribution in [0.25, 0.3) is 22.4 Å². The zero-order valence-corrected chi connectivity index (χ0v) is 18.9. The summed E-state index contributed by atoms with van der Waals surface area (Å²) in [5.41, 5.74) is 1.03. The Labute approximate surface area is 199 Å². The number of rotatable bonds is 1. The van der Waals surface area contributed by atoms with E-state index in [0.29, 0.717) is 45.2 Å². The average Bonchev–Trinajstić information content (AvgIpc) is 3.21. The van der Waals surface area contributed by atoms with E-state index in [9.17, 15) is 14.4 Å². The SMILES string of the molecule is C[C@@H]1CN2c3c(cc4c(-c5cnccn5)noc4c3Cl)CC3(C(=O)NC(=O)NC3=O)[C@H]2[C@H](C)O1.[HH]. The van der Waals surface area contributed by atoms with Crippen LogP contribution in [-0.4, -0.2) is 57.8 Å². The van der Waals surface area contributed by atoms with Gasteiger partial charge in [0.2, 0.25) is 11.8 Å². The van der Waals surface area contributed by atoms with Crippen molar-refractivity contribution in [3.8, 4) is 11.4 Å². The molecule has 2 N–H and O–H groups in total. The monoisotopic (exact) mass is 484 g/mol. The lowest BCUT2D eigenvalue weighted by atomic mass is 9.66. The normalized spacial score (nSPS) is 25.7. The molecule has 176 valence electrons. The molecule has 0 aliphatic carbocycles. The molecular formula is C22H21ClN6O5. The van der Waals surface area contributed by atoms with Gasteiger partial charge >= 0.3 is 6.03 Å². The number of carbonyl (C=O) groups excluding carboxylic acids is 3. The Morgan fingerprint density at radius 1 is 1.21 bits per heavy atom. The molecule has 2 aromatic heterocycles. The molecule has 5 heterocycles. The first-order valence-electron chi connectivity index (χ1n) is 10.8. The van der Waals surface area contributed by atoms with E-state index < -0.39 is 35.4 Å². The second-order valence-corrected chi connectivity index (χ2v) is 9.21. The molecule has 3 aliphatic heterocycles. The lowest BCUT2D eigenvalue weighted by molar-refractivity contribution is -0.153. The number of ether oxygens (including phenoxy) is 1. The highest BCUT2D eigenvalue weighted by atomic mass is 35.5. The van der Waals surface area contributed by atoms with Crippen molar-refractivity contribution >= 4 is 46.1 Å². The summed E-state index contributed by atoms with van der Waals surface area (Å²) in [5.74, 6) is -1.33. The number of urea groups is 1. The molecule has 12 heteroatoms. The number of imide groups is 2. The van der Waals surface area contributed by atoms with Gasteiger partial charge in [-0.3, -0.25) is 30.2 Å². The van der Waals surface area contributed by atoms with E-state index in [1.165, 1.54) is 0 Å². The summed E-state index contributed by atoms with van der Waals surface area (Å²) < 4.78 is 11.6. The van der Waals surface area contributed by atoms with Crippen LogP contribution >= 0.6 is 11.6 Å². The van der Waals surface area contributed by atoms with Crippen molar-refractivity contribution in [1.82, 2.24) is 25.8 Å². The molecule has 2 saturated heterocycles. The summed E-state index contributed by atoms with van der Waals surface area (Å²) in [6.07, 6.45) is 3.96. The third-order valence-corrected chi connectivity index (χ3v) is 7.12. The van der Waals surface area contributed by atoms with Crippen LogP contribution in [0.3, 0.4) is 0 Å². The van der Waals surface area contributed by atoms with Crippen LogP contribution in [0.5, 0.6) is 0 Å². The lowest BCUT2D eigenvalue weighted by Gasteiger charge is -2.55. The van der Waals surface area contributed by atoms with Gasteiger partial charge in [-0.25, -0.2) is 4.79 Å². The van der Waals surface area contributed by atoms with Crippen LogP contribution in [0, 0.1) is 5.41 Å². The summed E-state index contributed by atoms with van der Waals surface area (Å²) in [6.45, 7) is 4.10. The molecule has 1 aromatic carbocycles. The van der Waals surface area contributed by atoms with Crippen molar-refractivity contribution < 1.29 is 25.1 Å². The molecule has 0 bridgehead atoms. The zero-order chi connectivity index (χ0) is 23.8. The topological polar surface area (TPSA) is 140 Å². The van der Waals surface area contributed by atoms with E-state index in [2.05, 4.69) is 25.8 Å². The summed E-state index contributed by atoms with van der Waals surface area (Å²) in [7, 11) is 0. The quantitative estimate of drug-likeness (QED) is 0.496. The Kier molecular flexibility index (Phi) is 4.45. The van der Waals surface area contributed by atoms with E-state index in [1.54, 1.807) is 18.6 Å². The van der Waals surface area contributed by atoms with Gasteiger partial charge < -0.3 is 14.2 Å². The number of aromatic nitrogens is 3. The van der Waals surface area contributed by atoms with Crippen molar-refractivity contribution in [2.75, 3.05) is 11.4 Å². The first-order chi connectivity index (χ1) is 16.3. The molecule has 2 fully saturated rings. The van der Waals surface area contributed by atoms with Gasteiger partial charge in [0.25, 0.3) is 0 Å². The Hall–Kier alpha value is -3.57. The Balaban J connectivity index is 0.00000253. The van der Waals surface area contributed by atoms with E-state index in [-0.39, 0.29) is 14.0 Å². The van der Waals surface area contributed by atoms with Gasteiger partial charge in [-0.05, 0) is 31.9 Å². The van der Waals surface area contributed by atoms with Gasteiger partial charge in [-0.1, -0.05) is 16.8 Å². The number of benzene rings is 1. The van der Waals surface area contributed by atoms with Crippen molar-refractivity contribution in [2.45, 2.75) is 38.5 Å². The average molecular weight is 485 g/mol. The van der Waals surface area contributed by atoms with Gasteiger partial charge in [-0.15, -0.1) is 0 Å². The third-order valence-electron chi connectivity index (χ3n) is 6.77. The minimum Gasteiger partial charge on any atom is -0.372 e. The summed E-state index contributed by atoms with van der Waals surface area (Å²) >= 11 is 6.89. The predicted octanol–water partition coefficient (Wildman–Crippen LogP) is 2.07. The molecule has 3 aliphatic rings. The first-order valence-corrected chi connectivity index (χ1v) is 11.1. The fraction of sp³-hybridized carbons (Fsp3) is 0.364. The van der Waals surface area contributed by atoms with Gasteiger partial charge in [0.15, 0.2) is 11.0 Å². The molecule has 0 saturated carbocycles. The van der Waals surface area contributed by atoms with E-state index in [4.69, 9.17) is 20.9 Å². The van der Waals surface area contributed by atoms with E-state index >= 15 is 0 Å². The van der Waals surface area contributed by atoms with Gasteiger partial charge in [0.05, 0.1) is 35.5 Å².